The van der Waals surface area contributed by atoms with Gasteiger partial charge in [0.15, 0.2) is 0 Å². The molecule has 1 aromatic heterocycles. The van der Waals surface area contributed by atoms with E-state index in [1.165, 1.54) is 11.1 Å². The van der Waals surface area contributed by atoms with Crippen LogP contribution >= 0.6 is 11.3 Å². The van der Waals surface area contributed by atoms with Crippen molar-refractivity contribution in [3.63, 3.8) is 0 Å². The number of benzene rings is 1. The first-order chi connectivity index (χ1) is 13.5. The maximum Gasteiger partial charge on any atom is 0.325 e. The van der Waals surface area contributed by atoms with Gasteiger partial charge in [-0.1, -0.05) is 24.3 Å². The van der Waals surface area contributed by atoms with E-state index in [2.05, 4.69) is 11.4 Å². The van der Waals surface area contributed by atoms with E-state index in [0.717, 1.165) is 34.6 Å². The van der Waals surface area contributed by atoms with Crippen molar-refractivity contribution in [2.45, 2.75) is 44.4 Å². The van der Waals surface area contributed by atoms with Crippen LogP contribution in [-0.2, 0) is 34.5 Å². The van der Waals surface area contributed by atoms with Gasteiger partial charge in [-0.15, -0.1) is 11.3 Å². The number of nitrogens with zero attached hydrogens (tertiary/aromatic N) is 1. The molecule has 1 aromatic carbocycles. The van der Waals surface area contributed by atoms with Crippen LogP contribution in [0.4, 0.5) is 4.79 Å². The third-order valence-corrected chi connectivity index (χ3v) is 6.33. The van der Waals surface area contributed by atoms with Crippen LogP contribution in [0.1, 0.15) is 34.9 Å². The number of thiophene rings is 1. The number of β-amino-alcohol motifs (C(OH)–C–C–N with tert-alkyl or cyclic N) is 1. The molecule has 0 saturated carbocycles. The number of hydrogen-bond donors (Lipinski definition) is 2. The summed E-state index contributed by atoms with van der Waals surface area (Å²) in [4.78, 5) is 27.6. The van der Waals surface area contributed by atoms with E-state index in [1.54, 1.807) is 18.3 Å². The predicted molar refractivity (Wildman–Crippen MR) is 106 cm³/mol. The van der Waals surface area contributed by atoms with Crippen molar-refractivity contribution < 1.29 is 19.4 Å². The lowest BCUT2D eigenvalue weighted by molar-refractivity contribution is -0.132. The Morgan fingerprint density at radius 2 is 2.11 bits per heavy atom. The zero-order valence-electron chi connectivity index (χ0n) is 15.8. The van der Waals surface area contributed by atoms with E-state index in [0.29, 0.717) is 6.61 Å². The Balaban J connectivity index is 1.40. The summed E-state index contributed by atoms with van der Waals surface area (Å²) >= 11 is 1.58. The minimum atomic E-state index is -1.10. The molecule has 6 nitrogen and oxygen atoms in total. The number of carbonyl (C=O) groups excluding carboxylic acids is 2. The number of amides is 3. The summed E-state index contributed by atoms with van der Waals surface area (Å²) in [6, 6.07) is 9.42. The van der Waals surface area contributed by atoms with Crippen LogP contribution in [0.15, 0.2) is 35.7 Å². The van der Waals surface area contributed by atoms with Gasteiger partial charge in [-0.25, -0.2) is 4.79 Å². The highest BCUT2D eigenvalue weighted by atomic mass is 32.1. The fraction of sp³-hybridized carbons (Fsp3) is 0.429. The average Bonchev–Trinajstić information content (AvgIpc) is 3.39. The number of aryl methyl sites for hydroxylation is 2. The zero-order valence-corrected chi connectivity index (χ0v) is 16.6. The Morgan fingerprint density at radius 3 is 2.89 bits per heavy atom. The highest BCUT2D eigenvalue weighted by Gasteiger charge is 2.49. The topological polar surface area (TPSA) is 78.9 Å². The Bertz CT molecular complexity index is 883. The minimum Gasteiger partial charge on any atom is -0.389 e. The normalized spacial score (nSPS) is 22.4. The van der Waals surface area contributed by atoms with E-state index in [9.17, 15) is 14.7 Å². The molecule has 1 aliphatic carbocycles. The van der Waals surface area contributed by atoms with E-state index in [1.807, 2.05) is 29.6 Å². The van der Waals surface area contributed by atoms with E-state index >= 15 is 0 Å². The molecule has 28 heavy (non-hydrogen) atoms. The number of hydrogen-bond acceptors (Lipinski definition) is 5. The Labute approximate surface area is 168 Å². The number of ether oxygens (including phenoxy) is 1. The van der Waals surface area contributed by atoms with Gasteiger partial charge in [0.25, 0.3) is 5.91 Å². The van der Waals surface area contributed by atoms with Crippen molar-refractivity contribution in [1.29, 1.82) is 0 Å². The molecule has 2 aromatic rings. The number of nitrogens with one attached hydrogen (secondary N) is 1. The second-order valence-corrected chi connectivity index (χ2v) is 8.59. The standard InChI is InChI=1S/C21H24N2O4S/c1-21(16-8-7-14-4-2-5-15(14)10-16)19(25)23(20(26)22-21)11-17(24)12-27-13-18-6-3-9-28-18/h3,6-10,17,24H,2,4-5,11-13H2,1H3,(H,22,26)/t17-,21-/m1/s1. The van der Waals surface area contributed by atoms with E-state index < -0.39 is 17.7 Å². The van der Waals surface area contributed by atoms with Crippen LogP contribution in [0, 0.1) is 0 Å². The van der Waals surface area contributed by atoms with Crippen LogP contribution in [0.25, 0.3) is 0 Å². The van der Waals surface area contributed by atoms with Crippen molar-refractivity contribution in [2.75, 3.05) is 13.2 Å². The molecule has 0 bridgehead atoms. The summed E-state index contributed by atoms with van der Waals surface area (Å²) in [5.74, 6) is -0.340. The first-order valence-electron chi connectivity index (χ1n) is 9.52. The lowest BCUT2D eigenvalue weighted by Gasteiger charge is -2.24. The number of aliphatic hydroxyl groups excluding tert-OH is 1. The second kappa shape index (κ2) is 7.66. The summed E-state index contributed by atoms with van der Waals surface area (Å²) in [5.41, 5.74) is 2.25. The number of imide groups is 1. The van der Waals surface area contributed by atoms with Crippen molar-refractivity contribution in [3.05, 3.63) is 57.3 Å². The van der Waals surface area contributed by atoms with Crippen molar-refractivity contribution in [2.24, 2.45) is 0 Å². The maximum absolute atomic E-state index is 13.0. The molecule has 1 saturated heterocycles. The molecule has 0 spiro atoms. The molecule has 2 atom stereocenters. The van der Waals surface area contributed by atoms with Gasteiger partial charge in [0.05, 0.1) is 25.9 Å². The molecule has 3 amide bonds. The Kier molecular flexibility index (Phi) is 5.23. The molecular formula is C21H24N2O4S. The van der Waals surface area contributed by atoms with Crippen molar-refractivity contribution in [3.8, 4) is 0 Å². The molecular weight excluding hydrogens is 376 g/mol. The van der Waals surface area contributed by atoms with E-state index in [4.69, 9.17) is 4.74 Å². The van der Waals surface area contributed by atoms with Gasteiger partial charge in [0, 0.05) is 4.88 Å². The number of carbonyl (C=O) groups is 2. The van der Waals surface area contributed by atoms with Crippen LogP contribution < -0.4 is 5.32 Å². The zero-order chi connectivity index (χ0) is 19.7. The smallest absolute Gasteiger partial charge is 0.325 e. The van der Waals surface area contributed by atoms with Gasteiger partial charge < -0.3 is 15.2 Å². The van der Waals surface area contributed by atoms with Crippen LogP contribution in [0.2, 0.25) is 0 Å². The molecule has 2 N–H and O–H groups in total. The molecule has 7 heteroatoms. The monoisotopic (exact) mass is 400 g/mol. The number of urea groups is 1. The summed E-state index contributed by atoms with van der Waals surface area (Å²) in [6.07, 6.45) is 2.26. The van der Waals surface area contributed by atoms with Crippen LogP contribution in [0.5, 0.6) is 0 Å². The predicted octanol–water partition coefficient (Wildman–Crippen LogP) is 2.58. The summed E-state index contributed by atoms with van der Waals surface area (Å²) in [5, 5.41) is 15.0. The summed E-state index contributed by atoms with van der Waals surface area (Å²) in [7, 11) is 0. The first kappa shape index (κ1) is 19.1. The van der Waals surface area contributed by atoms with E-state index in [-0.39, 0.29) is 19.1 Å². The maximum atomic E-state index is 13.0. The third kappa shape index (κ3) is 3.57. The Morgan fingerprint density at radius 1 is 1.29 bits per heavy atom. The van der Waals surface area contributed by atoms with Gasteiger partial charge in [-0.3, -0.25) is 9.69 Å². The molecule has 0 unspecified atom stereocenters. The van der Waals surface area contributed by atoms with Gasteiger partial charge in [0.1, 0.15) is 5.54 Å². The SMILES string of the molecule is C[C@]1(c2ccc3c(c2)CCC3)NC(=O)N(C[C@@H](O)COCc2cccs2)C1=O. The highest BCUT2D eigenvalue weighted by molar-refractivity contribution is 7.09. The van der Waals surface area contributed by atoms with Gasteiger partial charge in [0.2, 0.25) is 0 Å². The van der Waals surface area contributed by atoms with Gasteiger partial charge >= 0.3 is 6.03 Å². The summed E-state index contributed by atoms with van der Waals surface area (Å²) in [6.45, 7) is 2.10. The number of aliphatic hydroxyl groups is 1. The fourth-order valence-electron chi connectivity index (χ4n) is 3.89. The number of rotatable bonds is 7. The van der Waals surface area contributed by atoms with Crippen molar-refractivity contribution in [1.82, 2.24) is 10.2 Å². The number of fused-ring (bicyclic) bond motifs is 1. The second-order valence-electron chi connectivity index (χ2n) is 7.56. The minimum absolute atomic E-state index is 0.0600. The molecule has 1 fully saturated rings. The molecule has 0 radical (unpaired) electrons. The fourth-order valence-corrected chi connectivity index (χ4v) is 4.54. The lowest BCUT2D eigenvalue weighted by atomic mass is 9.89. The quantitative estimate of drug-likeness (QED) is 0.700. The molecule has 148 valence electrons. The summed E-state index contributed by atoms with van der Waals surface area (Å²) < 4.78 is 5.50. The highest BCUT2D eigenvalue weighted by Crippen LogP contribution is 2.32. The average molecular weight is 401 g/mol. The third-order valence-electron chi connectivity index (χ3n) is 5.48. The largest absolute Gasteiger partial charge is 0.389 e. The van der Waals surface area contributed by atoms with Gasteiger partial charge in [-0.2, -0.15) is 0 Å². The first-order valence-corrected chi connectivity index (χ1v) is 10.4. The van der Waals surface area contributed by atoms with Crippen LogP contribution in [0.3, 0.4) is 0 Å². The Hall–Kier alpha value is -2.22. The molecule has 4 rings (SSSR count). The lowest BCUT2D eigenvalue weighted by Crippen LogP contribution is -2.42. The molecule has 2 heterocycles. The molecule has 1 aliphatic heterocycles. The molecule has 2 aliphatic rings. The van der Waals surface area contributed by atoms with Crippen molar-refractivity contribution >= 4 is 23.3 Å². The van der Waals surface area contributed by atoms with Gasteiger partial charge in [-0.05, 0) is 54.3 Å². The van der Waals surface area contributed by atoms with Crippen LogP contribution in [-0.4, -0.2) is 41.2 Å².